The van der Waals surface area contributed by atoms with Crippen molar-refractivity contribution >= 4 is 34.1 Å². The number of hydrogen-bond donors (Lipinski definition) is 0. The summed E-state index contributed by atoms with van der Waals surface area (Å²) in [6, 6.07) is 1.58. The predicted octanol–water partition coefficient (Wildman–Crippen LogP) is 3.92. The van der Waals surface area contributed by atoms with E-state index in [2.05, 4.69) is 25.9 Å². The van der Waals surface area contributed by atoms with Crippen LogP contribution < -0.4 is 4.90 Å². The average molecular weight is 374 g/mol. The summed E-state index contributed by atoms with van der Waals surface area (Å²) in [5.74, 6) is -0.127. The molecule has 0 N–H and O–H groups in total. The van der Waals surface area contributed by atoms with Gasteiger partial charge in [0.15, 0.2) is 0 Å². The monoisotopic (exact) mass is 373 g/mol. The van der Waals surface area contributed by atoms with Crippen molar-refractivity contribution in [2.75, 3.05) is 4.90 Å². The Kier molecular flexibility index (Phi) is 5.50. The summed E-state index contributed by atoms with van der Waals surface area (Å²) in [5.41, 5.74) is -1.55. The first-order valence-electron chi connectivity index (χ1n) is 6.64. The molecule has 0 radical (unpaired) electrons. The predicted molar refractivity (Wildman–Crippen MR) is 84.7 cm³/mol. The summed E-state index contributed by atoms with van der Waals surface area (Å²) >= 11 is 3.17. The number of aromatic nitrogens is 2. The lowest BCUT2D eigenvalue weighted by Gasteiger charge is -2.27. The lowest BCUT2D eigenvalue weighted by Crippen LogP contribution is -2.44. The van der Waals surface area contributed by atoms with Gasteiger partial charge < -0.3 is 9.47 Å². The Balaban J connectivity index is 3.15. The van der Waals surface area contributed by atoms with Crippen molar-refractivity contribution in [2.24, 2.45) is 0 Å². The van der Waals surface area contributed by atoms with Gasteiger partial charge in [0, 0.05) is 6.20 Å². The maximum atomic E-state index is 12.3. The fraction of sp³-hybridized carbons (Fsp3) is 0.571. The molecule has 0 fully saturated rings. The average Bonchev–Trinajstić information content (AvgIpc) is 2.23. The van der Waals surface area contributed by atoms with E-state index in [9.17, 15) is 9.59 Å². The van der Waals surface area contributed by atoms with Crippen molar-refractivity contribution in [1.29, 1.82) is 0 Å². The molecule has 0 spiro atoms. The molecule has 0 aliphatic carbocycles. The maximum absolute atomic E-state index is 12.3. The Bertz CT molecular complexity index is 536. The summed E-state index contributed by atoms with van der Waals surface area (Å²) in [7, 11) is 0. The summed E-state index contributed by atoms with van der Waals surface area (Å²) in [4.78, 5) is 33.2. The summed E-state index contributed by atoms with van der Waals surface area (Å²) in [6.07, 6.45) is -0.395. The van der Waals surface area contributed by atoms with E-state index >= 15 is 0 Å². The highest BCUT2D eigenvalue weighted by molar-refractivity contribution is 9.10. The highest BCUT2D eigenvalue weighted by atomic mass is 79.9. The molecular formula is C14H20BrN3O4. The smallest absolute Gasteiger partial charge is 0.427 e. The molecular weight excluding hydrogens is 354 g/mol. The van der Waals surface area contributed by atoms with Gasteiger partial charge in [0.1, 0.15) is 15.8 Å². The first-order valence-corrected chi connectivity index (χ1v) is 7.43. The molecule has 0 saturated heterocycles. The Morgan fingerprint density at radius 1 is 1.05 bits per heavy atom. The van der Waals surface area contributed by atoms with Crippen molar-refractivity contribution in [2.45, 2.75) is 52.7 Å². The number of anilines is 1. The molecule has 0 saturated carbocycles. The van der Waals surface area contributed by atoms with Crippen LogP contribution in [0.3, 0.4) is 0 Å². The fourth-order valence-corrected chi connectivity index (χ4v) is 1.56. The van der Waals surface area contributed by atoms with E-state index in [0.29, 0.717) is 9.50 Å². The minimum atomic E-state index is -0.903. The molecule has 1 aromatic rings. The number of carbonyl (C=O) groups is 2. The van der Waals surface area contributed by atoms with Gasteiger partial charge in [-0.3, -0.25) is 0 Å². The van der Waals surface area contributed by atoms with Crippen LogP contribution in [0.5, 0.6) is 0 Å². The van der Waals surface area contributed by atoms with Crippen molar-refractivity contribution in [1.82, 2.24) is 9.97 Å². The molecule has 7 nitrogen and oxygen atoms in total. The molecule has 0 bridgehead atoms. The molecule has 0 aliphatic heterocycles. The normalized spacial score (nSPS) is 11.8. The van der Waals surface area contributed by atoms with E-state index < -0.39 is 23.4 Å². The Morgan fingerprint density at radius 3 is 1.86 bits per heavy atom. The second kappa shape index (κ2) is 6.60. The molecule has 0 unspecified atom stereocenters. The van der Waals surface area contributed by atoms with Crippen LogP contribution in [0.1, 0.15) is 41.5 Å². The van der Waals surface area contributed by atoms with Gasteiger partial charge in [0.05, 0.1) is 0 Å². The topological polar surface area (TPSA) is 81.6 Å². The SMILES string of the molecule is CC(C)(C)OC(=O)N(C(=O)OC(C)(C)C)c1nccc(Br)n1. The Hall–Kier alpha value is -1.70. The lowest BCUT2D eigenvalue weighted by atomic mass is 10.2. The first-order chi connectivity index (χ1) is 9.89. The van der Waals surface area contributed by atoms with Crippen LogP contribution in [0.4, 0.5) is 15.5 Å². The second-order valence-electron chi connectivity index (χ2n) is 6.48. The van der Waals surface area contributed by atoms with E-state index in [1.165, 1.54) is 6.20 Å². The van der Waals surface area contributed by atoms with Crippen LogP contribution in [0, 0.1) is 0 Å². The number of nitrogens with zero attached hydrogens (tertiary/aromatic N) is 3. The van der Waals surface area contributed by atoms with Crippen molar-refractivity contribution in [3.8, 4) is 0 Å². The largest absolute Gasteiger partial charge is 0.443 e. The molecule has 0 aliphatic rings. The number of carbonyl (C=O) groups excluding carboxylic acids is 2. The molecule has 0 atom stereocenters. The molecule has 1 rings (SSSR count). The Morgan fingerprint density at radius 2 is 1.50 bits per heavy atom. The van der Waals surface area contributed by atoms with Crippen molar-refractivity contribution in [3.63, 3.8) is 0 Å². The summed E-state index contributed by atoms with van der Waals surface area (Å²) < 4.78 is 10.9. The van der Waals surface area contributed by atoms with E-state index in [1.807, 2.05) is 0 Å². The van der Waals surface area contributed by atoms with Crippen LogP contribution >= 0.6 is 15.9 Å². The lowest BCUT2D eigenvalue weighted by molar-refractivity contribution is 0.0427. The zero-order valence-corrected chi connectivity index (χ0v) is 15.1. The van der Waals surface area contributed by atoms with E-state index in [-0.39, 0.29) is 5.95 Å². The molecule has 0 aromatic carbocycles. The number of rotatable bonds is 1. The number of halogens is 1. The number of amides is 2. The third-order valence-electron chi connectivity index (χ3n) is 1.96. The number of hydrogen-bond acceptors (Lipinski definition) is 6. The quantitative estimate of drug-likeness (QED) is 0.693. The van der Waals surface area contributed by atoms with E-state index in [0.717, 1.165) is 0 Å². The third-order valence-corrected chi connectivity index (χ3v) is 2.40. The molecule has 1 aromatic heterocycles. The highest BCUT2D eigenvalue weighted by Crippen LogP contribution is 2.19. The standard InChI is InChI=1S/C14H20BrN3O4/c1-13(2,3)21-11(19)18(12(20)22-14(4,5)6)10-16-8-7-9(15)17-10/h7-8H,1-6H3. The van der Waals surface area contributed by atoms with Gasteiger partial charge in [-0.25, -0.2) is 19.6 Å². The van der Waals surface area contributed by atoms with Crippen LogP contribution in [-0.2, 0) is 9.47 Å². The van der Waals surface area contributed by atoms with E-state index in [1.54, 1.807) is 47.6 Å². The third kappa shape index (κ3) is 5.97. The second-order valence-corrected chi connectivity index (χ2v) is 7.29. The van der Waals surface area contributed by atoms with Crippen molar-refractivity contribution < 1.29 is 19.1 Å². The minimum Gasteiger partial charge on any atom is -0.443 e. The minimum absolute atomic E-state index is 0.127. The number of imide groups is 1. The Labute approximate surface area is 138 Å². The molecule has 1 heterocycles. The number of ether oxygens (including phenoxy) is 2. The molecule has 22 heavy (non-hydrogen) atoms. The zero-order chi connectivity index (χ0) is 17.1. The van der Waals surface area contributed by atoms with Gasteiger partial charge in [-0.1, -0.05) is 0 Å². The van der Waals surface area contributed by atoms with Gasteiger partial charge in [0.2, 0.25) is 5.95 Å². The van der Waals surface area contributed by atoms with Gasteiger partial charge >= 0.3 is 12.2 Å². The van der Waals surface area contributed by atoms with Crippen LogP contribution in [-0.4, -0.2) is 33.4 Å². The van der Waals surface area contributed by atoms with Gasteiger partial charge in [-0.15, -0.1) is 4.90 Å². The van der Waals surface area contributed by atoms with Gasteiger partial charge in [0.25, 0.3) is 0 Å². The fourth-order valence-electron chi connectivity index (χ4n) is 1.29. The van der Waals surface area contributed by atoms with Crippen LogP contribution in [0.2, 0.25) is 0 Å². The van der Waals surface area contributed by atoms with Gasteiger partial charge in [-0.2, -0.15) is 0 Å². The van der Waals surface area contributed by atoms with Crippen LogP contribution in [0.25, 0.3) is 0 Å². The van der Waals surface area contributed by atoms with E-state index in [4.69, 9.17) is 9.47 Å². The highest BCUT2D eigenvalue weighted by Gasteiger charge is 2.34. The summed E-state index contributed by atoms with van der Waals surface area (Å²) in [5, 5.41) is 0. The van der Waals surface area contributed by atoms with Crippen molar-refractivity contribution in [3.05, 3.63) is 16.9 Å². The first kappa shape index (κ1) is 18.3. The molecule has 2 amide bonds. The molecule has 122 valence electrons. The van der Waals surface area contributed by atoms with Crippen LogP contribution in [0.15, 0.2) is 16.9 Å². The zero-order valence-electron chi connectivity index (χ0n) is 13.5. The molecule has 8 heteroatoms. The maximum Gasteiger partial charge on any atom is 0.427 e. The summed E-state index contributed by atoms with van der Waals surface area (Å²) in [6.45, 7) is 10.2. The van der Waals surface area contributed by atoms with Gasteiger partial charge in [-0.05, 0) is 63.5 Å².